The summed E-state index contributed by atoms with van der Waals surface area (Å²) in [7, 11) is 1.69. The number of hydrogen-bond acceptors (Lipinski definition) is 4. The molecule has 0 spiro atoms. The van der Waals surface area contributed by atoms with Gasteiger partial charge < -0.3 is 9.30 Å². The standard InChI is InChI=1S/C19H22N4O2/c1-13-11-16(14(2)22(13)9-10-25-4)12-20-23-15(3)21-18-8-6-5-7-17(18)19(23)24/h5-8,11-12H,9-10H2,1-4H3. The van der Waals surface area contributed by atoms with Crippen LogP contribution in [0.2, 0.25) is 0 Å². The molecular formula is C19H22N4O2. The van der Waals surface area contributed by atoms with Gasteiger partial charge in [-0.25, -0.2) is 4.98 Å². The zero-order chi connectivity index (χ0) is 18.0. The predicted octanol–water partition coefficient (Wildman–Crippen LogP) is 2.65. The minimum Gasteiger partial charge on any atom is -0.383 e. The first-order valence-corrected chi connectivity index (χ1v) is 8.21. The van der Waals surface area contributed by atoms with Crippen LogP contribution in [-0.2, 0) is 11.3 Å². The molecule has 0 aliphatic carbocycles. The molecule has 0 N–H and O–H groups in total. The van der Waals surface area contributed by atoms with Crippen LogP contribution in [-0.4, -0.2) is 34.2 Å². The van der Waals surface area contributed by atoms with Crippen LogP contribution in [0.5, 0.6) is 0 Å². The minimum atomic E-state index is -0.160. The number of ether oxygens (including phenoxy) is 1. The van der Waals surface area contributed by atoms with Gasteiger partial charge in [0.1, 0.15) is 5.82 Å². The van der Waals surface area contributed by atoms with E-state index in [1.165, 1.54) is 4.68 Å². The van der Waals surface area contributed by atoms with Crippen molar-refractivity contribution in [1.82, 2.24) is 14.2 Å². The number of nitrogens with zero attached hydrogens (tertiary/aromatic N) is 4. The molecule has 6 heteroatoms. The van der Waals surface area contributed by atoms with E-state index in [9.17, 15) is 4.79 Å². The summed E-state index contributed by atoms with van der Waals surface area (Å²) in [4.78, 5) is 17.1. The van der Waals surface area contributed by atoms with E-state index in [4.69, 9.17) is 4.74 Å². The van der Waals surface area contributed by atoms with Gasteiger partial charge in [0, 0.05) is 30.6 Å². The Bertz CT molecular complexity index is 999. The molecule has 3 aromatic rings. The number of para-hydroxylation sites is 1. The van der Waals surface area contributed by atoms with E-state index >= 15 is 0 Å². The Kier molecular flexibility index (Phi) is 4.81. The Morgan fingerprint density at radius 2 is 2.00 bits per heavy atom. The first-order valence-electron chi connectivity index (χ1n) is 8.21. The maximum Gasteiger partial charge on any atom is 0.282 e. The van der Waals surface area contributed by atoms with Gasteiger partial charge in [-0.15, -0.1) is 0 Å². The summed E-state index contributed by atoms with van der Waals surface area (Å²) in [6.07, 6.45) is 1.72. The fourth-order valence-corrected chi connectivity index (χ4v) is 2.98. The highest BCUT2D eigenvalue weighted by Crippen LogP contribution is 2.13. The van der Waals surface area contributed by atoms with Gasteiger partial charge in [0.2, 0.25) is 0 Å². The summed E-state index contributed by atoms with van der Waals surface area (Å²) in [5, 5.41) is 4.96. The van der Waals surface area contributed by atoms with Gasteiger partial charge in [0.05, 0.1) is 23.7 Å². The molecule has 0 radical (unpaired) electrons. The third kappa shape index (κ3) is 3.25. The highest BCUT2D eigenvalue weighted by atomic mass is 16.5. The maximum absolute atomic E-state index is 12.7. The number of aromatic nitrogens is 3. The number of benzene rings is 1. The van der Waals surface area contributed by atoms with E-state index in [-0.39, 0.29) is 5.56 Å². The number of fused-ring (bicyclic) bond motifs is 1. The van der Waals surface area contributed by atoms with E-state index in [1.54, 1.807) is 26.3 Å². The lowest BCUT2D eigenvalue weighted by molar-refractivity contribution is 0.186. The zero-order valence-electron chi connectivity index (χ0n) is 15.0. The second kappa shape index (κ2) is 7.03. The lowest BCUT2D eigenvalue weighted by Crippen LogP contribution is -2.20. The second-order valence-corrected chi connectivity index (χ2v) is 6.01. The van der Waals surface area contributed by atoms with Gasteiger partial charge in [-0.05, 0) is 39.0 Å². The van der Waals surface area contributed by atoms with Crippen LogP contribution in [0.4, 0.5) is 0 Å². The highest BCUT2D eigenvalue weighted by Gasteiger charge is 2.09. The predicted molar refractivity (Wildman–Crippen MR) is 99.5 cm³/mol. The molecule has 0 aliphatic rings. The SMILES string of the molecule is COCCn1c(C)cc(C=Nn2c(C)nc3ccccc3c2=O)c1C. The molecule has 0 saturated carbocycles. The van der Waals surface area contributed by atoms with Crippen LogP contribution in [0.1, 0.15) is 22.8 Å². The van der Waals surface area contributed by atoms with Crippen molar-refractivity contribution in [2.45, 2.75) is 27.3 Å². The van der Waals surface area contributed by atoms with Gasteiger partial charge in [-0.2, -0.15) is 9.78 Å². The van der Waals surface area contributed by atoms with Gasteiger partial charge in [-0.1, -0.05) is 12.1 Å². The third-order valence-electron chi connectivity index (χ3n) is 4.36. The number of methoxy groups -OCH3 is 1. The van der Waals surface area contributed by atoms with Crippen molar-refractivity contribution in [3.05, 3.63) is 63.5 Å². The van der Waals surface area contributed by atoms with Gasteiger partial charge in [0.15, 0.2) is 0 Å². The maximum atomic E-state index is 12.7. The summed E-state index contributed by atoms with van der Waals surface area (Å²) in [6.45, 7) is 7.32. The Labute approximate surface area is 146 Å². The van der Waals surface area contributed by atoms with Crippen LogP contribution < -0.4 is 5.56 Å². The Balaban J connectivity index is 2.01. The third-order valence-corrected chi connectivity index (χ3v) is 4.36. The normalized spacial score (nSPS) is 11.7. The van der Waals surface area contributed by atoms with E-state index in [0.717, 1.165) is 23.5 Å². The lowest BCUT2D eigenvalue weighted by Gasteiger charge is -2.08. The molecule has 0 saturated heterocycles. The number of hydrogen-bond donors (Lipinski definition) is 0. The molecule has 1 aromatic carbocycles. The first kappa shape index (κ1) is 17.1. The summed E-state index contributed by atoms with van der Waals surface area (Å²) in [5.41, 5.74) is 3.74. The molecule has 0 atom stereocenters. The van der Waals surface area contributed by atoms with Crippen molar-refractivity contribution in [2.24, 2.45) is 5.10 Å². The smallest absolute Gasteiger partial charge is 0.282 e. The number of aryl methyl sites for hydroxylation is 2. The molecule has 0 amide bonds. The molecule has 2 heterocycles. The van der Waals surface area contributed by atoms with Crippen LogP contribution in [0, 0.1) is 20.8 Å². The van der Waals surface area contributed by atoms with Crippen LogP contribution in [0.25, 0.3) is 10.9 Å². The topological polar surface area (TPSA) is 61.4 Å². The summed E-state index contributed by atoms with van der Waals surface area (Å²) < 4.78 is 8.69. The average Bonchev–Trinajstić information content (AvgIpc) is 2.86. The summed E-state index contributed by atoms with van der Waals surface area (Å²) in [5.74, 6) is 0.563. The van der Waals surface area contributed by atoms with Crippen LogP contribution in [0.15, 0.2) is 40.2 Å². The van der Waals surface area contributed by atoms with Crippen molar-refractivity contribution in [2.75, 3.05) is 13.7 Å². The quantitative estimate of drug-likeness (QED) is 0.672. The second-order valence-electron chi connectivity index (χ2n) is 6.01. The molecule has 0 unspecified atom stereocenters. The van der Waals surface area contributed by atoms with Crippen molar-refractivity contribution in [3.8, 4) is 0 Å². The Morgan fingerprint density at radius 1 is 1.24 bits per heavy atom. The molecule has 0 aliphatic heterocycles. The summed E-state index contributed by atoms with van der Waals surface area (Å²) in [6, 6.07) is 9.37. The fraction of sp³-hybridized carbons (Fsp3) is 0.316. The lowest BCUT2D eigenvalue weighted by atomic mass is 10.2. The number of rotatable bonds is 5. The van der Waals surface area contributed by atoms with E-state index in [0.29, 0.717) is 23.3 Å². The van der Waals surface area contributed by atoms with Crippen LogP contribution >= 0.6 is 0 Å². The molecule has 25 heavy (non-hydrogen) atoms. The largest absolute Gasteiger partial charge is 0.383 e. The van der Waals surface area contributed by atoms with Crippen molar-refractivity contribution in [1.29, 1.82) is 0 Å². The fourth-order valence-electron chi connectivity index (χ4n) is 2.98. The molecule has 130 valence electrons. The van der Waals surface area contributed by atoms with E-state index < -0.39 is 0 Å². The highest BCUT2D eigenvalue weighted by molar-refractivity contribution is 5.82. The van der Waals surface area contributed by atoms with Crippen molar-refractivity contribution < 1.29 is 4.74 Å². The monoisotopic (exact) mass is 338 g/mol. The average molecular weight is 338 g/mol. The van der Waals surface area contributed by atoms with Gasteiger partial charge >= 0.3 is 0 Å². The molecule has 0 bridgehead atoms. The molecular weight excluding hydrogens is 316 g/mol. The van der Waals surface area contributed by atoms with Crippen molar-refractivity contribution >= 4 is 17.1 Å². The van der Waals surface area contributed by atoms with Gasteiger partial charge in [-0.3, -0.25) is 4.79 Å². The van der Waals surface area contributed by atoms with E-state index in [1.807, 2.05) is 25.1 Å². The Hall–Kier alpha value is -2.73. The molecule has 3 rings (SSSR count). The van der Waals surface area contributed by atoms with Gasteiger partial charge in [0.25, 0.3) is 5.56 Å². The first-order chi connectivity index (χ1) is 12.0. The minimum absolute atomic E-state index is 0.160. The summed E-state index contributed by atoms with van der Waals surface area (Å²) >= 11 is 0. The van der Waals surface area contributed by atoms with Crippen LogP contribution in [0.3, 0.4) is 0 Å². The Morgan fingerprint density at radius 3 is 2.76 bits per heavy atom. The molecule has 0 fully saturated rings. The zero-order valence-corrected chi connectivity index (χ0v) is 15.0. The molecule has 2 aromatic heterocycles. The van der Waals surface area contributed by atoms with E-state index in [2.05, 4.69) is 27.6 Å². The van der Waals surface area contributed by atoms with Crippen molar-refractivity contribution in [3.63, 3.8) is 0 Å². The molecule has 6 nitrogen and oxygen atoms in total.